The minimum absolute atomic E-state index is 0.129. The van der Waals surface area contributed by atoms with Gasteiger partial charge in [0.05, 0.1) is 6.33 Å². The number of rotatable bonds is 4. The number of aromatic nitrogens is 2. The SMILES string of the molecule is C=CC(C)NC(=O)c1nc[nH]c1C(=O)O. The monoisotopic (exact) mass is 209 g/mol. The maximum Gasteiger partial charge on any atom is 0.354 e. The van der Waals surface area contributed by atoms with Gasteiger partial charge in [0.25, 0.3) is 5.91 Å². The first-order chi connectivity index (χ1) is 7.06. The first kappa shape index (κ1) is 11.0. The summed E-state index contributed by atoms with van der Waals surface area (Å²) in [6.07, 6.45) is 2.70. The summed E-state index contributed by atoms with van der Waals surface area (Å²) in [5, 5.41) is 11.2. The van der Waals surface area contributed by atoms with E-state index >= 15 is 0 Å². The molecule has 0 saturated heterocycles. The fourth-order valence-corrected chi connectivity index (χ4v) is 0.964. The molecule has 6 nitrogen and oxygen atoms in total. The molecule has 0 bridgehead atoms. The molecule has 0 spiro atoms. The first-order valence-corrected chi connectivity index (χ1v) is 4.26. The molecule has 1 aromatic heterocycles. The van der Waals surface area contributed by atoms with Gasteiger partial charge in [-0.3, -0.25) is 4.79 Å². The number of imidazole rings is 1. The minimum atomic E-state index is -1.22. The Labute approximate surface area is 86.0 Å². The lowest BCUT2D eigenvalue weighted by atomic mass is 10.2. The number of carboxylic acids is 1. The molecular weight excluding hydrogens is 198 g/mol. The van der Waals surface area contributed by atoms with Crippen molar-refractivity contribution in [3.05, 3.63) is 30.4 Å². The molecule has 1 unspecified atom stereocenters. The number of nitrogens with one attached hydrogen (secondary N) is 2. The number of aromatic amines is 1. The average molecular weight is 209 g/mol. The summed E-state index contributed by atoms with van der Waals surface area (Å²) in [6, 6.07) is -0.240. The van der Waals surface area contributed by atoms with Crippen LogP contribution in [0.15, 0.2) is 19.0 Å². The van der Waals surface area contributed by atoms with E-state index in [0.29, 0.717) is 0 Å². The zero-order valence-electron chi connectivity index (χ0n) is 8.15. The van der Waals surface area contributed by atoms with E-state index in [1.807, 2.05) is 0 Å². The van der Waals surface area contributed by atoms with E-state index in [1.165, 1.54) is 6.08 Å². The minimum Gasteiger partial charge on any atom is -0.477 e. The molecule has 1 aromatic rings. The summed E-state index contributed by atoms with van der Waals surface area (Å²) in [6.45, 7) is 5.21. The lowest BCUT2D eigenvalue weighted by Gasteiger charge is -2.07. The highest BCUT2D eigenvalue weighted by Gasteiger charge is 2.19. The van der Waals surface area contributed by atoms with Crippen molar-refractivity contribution in [3.8, 4) is 0 Å². The molecule has 1 atom stereocenters. The first-order valence-electron chi connectivity index (χ1n) is 4.26. The Morgan fingerprint density at radius 1 is 1.73 bits per heavy atom. The van der Waals surface area contributed by atoms with E-state index in [-0.39, 0.29) is 17.4 Å². The number of amides is 1. The third-order valence-electron chi connectivity index (χ3n) is 1.78. The van der Waals surface area contributed by atoms with Crippen LogP contribution in [0.5, 0.6) is 0 Å². The highest BCUT2D eigenvalue weighted by atomic mass is 16.4. The van der Waals surface area contributed by atoms with Crippen molar-refractivity contribution in [1.82, 2.24) is 15.3 Å². The van der Waals surface area contributed by atoms with E-state index in [9.17, 15) is 9.59 Å². The third-order valence-corrected chi connectivity index (χ3v) is 1.78. The van der Waals surface area contributed by atoms with Crippen molar-refractivity contribution in [1.29, 1.82) is 0 Å². The summed E-state index contributed by atoms with van der Waals surface area (Å²) < 4.78 is 0. The van der Waals surface area contributed by atoms with Crippen LogP contribution in [0.3, 0.4) is 0 Å². The molecule has 0 radical (unpaired) electrons. The van der Waals surface area contributed by atoms with Gasteiger partial charge >= 0.3 is 5.97 Å². The zero-order chi connectivity index (χ0) is 11.4. The van der Waals surface area contributed by atoms with Gasteiger partial charge in [0.1, 0.15) is 0 Å². The van der Waals surface area contributed by atoms with E-state index in [2.05, 4.69) is 21.9 Å². The highest BCUT2D eigenvalue weighted by Crippen LogP contribution is 2.02. The van der Waals surface area contributed by atoms with Crippen molar-refractivity contribution in [2.75, 3.05) is 0 Å². The predicted molar refractivity (Wildman–Crippen MR) is 52.7 cm³/mol. The summed E-state index contributed by atoms with van der Waals surface area (Å²) in [5.74, 6) is -1.76. The van der Waals surface area contributed by atoms with Crippen LogP contribution in [0.1, 0.15) is 27.9 Å². The number of carbonyl (C=O) groups is 2. The van der Waals surface area contributed by atoms with Crippen LogP contribution in [-0.4, -0.2) is 33.0 Å². The maximum atomic E-state index is 11.5. The summed E-state index contributed by atoms with van der Waals surface area (Å²) in [4.78, 5) is 28.2. The van der Waals surface area contributed by atoms with E-state index in [0.717, 1.165) is 6.33 Å². The number of carboxylic acid groups (broad SMARTS) is 1. The van der Waals surface area contributed by atoms with E-state index < -0.39 is 11.9 Å². The van der Waals surface area contributed by atoms with Crippen molar-refractivity contribution in [2.24, 2.45) is 0 Å². The lowest BCUT2D eigenvalue weighted by Crippen LogP contribution is -2.32. The van der Waals surface area contributed by atoms with Crippen LogP contribution >= 0.6 is 0 Å². The molecule has 3 N–H and O–H groups in total. The molecule has 0 saturated carbocycles. The standard InChI is InChI=1S/C9H11N3O3/c1-3-5(2)12-8(13)6-7(9(14)15)11-4-10-6/h3-5H,1H2,2H3,(H,10,11)(H,12,13)(H,14,15). The molecule has 0 aliphatic rings. The van der Waals surface area contributed by atoms with Crippen LogP contribution < -0.4 is 5.32 Å². The fraction of sp³-hybridized carbons (Fsp3) is 0.222. The second kappa shape index (κ2) is 4.41. The Bertz CT molecular complexity index is 397. The Hall–Kier alpha value is -2.11. The van der Waals surface area contributed by atoms with Crippen molar-refractivity contribution in [2.45, 2.75) is 13.0 Å². The molecule has 0 aliphatic carbocycles. The Morgan fingerprint density at radius 2 is 2.40 bits per heavy atom. The van der Waals surface area contributed by atoms with Crippen molar-refractivity contribution >= 4 is 11.9 Å². The number of hydrogen-bond acceptors (Lipinski definition) is 3. The molecule has 0 fully saturated rings. The second-order valence-electron chi connectivity index (χ2n) is 2.93. The molecule has 0 aromatic carbocycles. The average Bonchev–Trinajstić information content (AvgIpc) is 2.65. The molecule has 6 heteroatoms. The van der Waals surface area contributed by atoms with Gasteiger partial charge in [0.2, 0.25) is 0 Å². The predicted octanol–water partition coefficient (Wildman–Crippen LogP) is 0.412. The van der Waals surface area contributed by atoms with Crippen LogP contribution in [0.4, 0.5) is 0 Å². The number of H-pyrrole nitrogens is 1. The van der Waals surface area contributed by atoms with Crippen LogP contribution in [0, 0.1) is 0 Å². The van der Waals surface area contributed by atoms with Crippen LogP contribution in [-0.2, 0) is 0 Å². The quantitative estimate of drug-likeness (QED) is 0.626. The van der Waals surface area contributed by atoms with Gasteiger partial charge in [-0.15, -0.1) is 6.58 Å². The third kappa shape index (κ3) is 2.43. The lowest BCUT2D eigenvalue weighted by molar-refractivity contribution is 0.0684. The van der Waals surface area contributed by atoms with Gasteiger partial charge in [0.15, 0.2) is 11.4 Å². The van der Waals surface area contributed by atoms with Crippen LogP contribution in [0.2, 0.25) is 0 Å². The van der Waals surface area contributed by atoms with Gasteiger partial charge in [-0.1, -0.05) is 6.08 Å². The fourth-order valence-electron chi connectivity index (χ4n) is 0.964. The Morgan fingerprint density at radius 3 is 2.93 bits per heavy atom. The van der Waals surface area contributed by atoms with Gasteiger partial charge in [-0.25, -0.2) is 9.78 Å². The normalized spacial score (nSPS) is 11.8. The summed E-state index contributed by atoms with van der Waals surface area (Å²) in [7, 11) is 0. The number of hydrogen-bond donors (Lipinski definition) is 3. The summed E-state index contributed by atoms with van der Waals surface area (Å²) >= 11 is 0. The topological polar surface area (TPSA) is 95.1 Å². The van der Waals surface area contributed by atoms with E-state index in [4.69, 9.17) is 5.11 Å². The zero-order valence-corrected chi connectivity index (χ0v) is 8.15. The Kier molecular flexibility index (Phi) is 3.22. The second-order valence-corrected chi connectivity index (χ2v) is 2.93. The summed E-state index contributed by atoms with van der Waals surface area (Å²) in [5.41, 5.74) is -0.347. The number of carbonyl (C=O) groups excluding carboxylic acids is 1. The molecule has 15 heavy (non-hydrogen) atoms. The van der Waals surface area contributed by atoms with Gasteiger partial charge < -0.3 is 15.4 Å². The number of aromatic carboxylic acids is 1. The largest absolute Gasteiger partial charge is 0.477 e. The highest BCUT2D eigenvalue weighted by molar-refractivity contribution is 6.02. The maximum absolute atomic E-state index is 11.5. The smallest absolute Gasteiger partial charge is 0.354 e. The van der Waals surface area contributed by atoms with E-state index in [1.54, 1.807) is 6.92 Å². The molecule has 1 amide bonds. The molecule has 80 valence electrons. The van der Waals surface area contributed by atoms with Crippen molar-refractivity contribution in [3.63, 3.8) is 0 Å². The molecule has 0 aliphatic heterocycles. The number of nitrogens with zero attached hydrogens (tertiary/aromatic N) is 1. The molecule has 1 rings (SSSR count). The molecular formula is C9H11N3O3. The van der Waals surface area contributed by atoms with Crippen molar-refractivity contribution < 1.29 is 14.7 Å². The van der Waals surface area contributed by atoms with Gasteiger partial charge in [-0.2, -0.15) is 0 Å². The van der Waals surface area contributed by atoms with Crippen LogP contribution in [0.25, 0.3) is 0 Å². The Balaban J connectivity index is 2.86. The van der Waals surface area contributed by atoms with Gasteiger partial charge in [-0.05, 0) is 6.92 Å². The molecule has 1 heterocycles. The van der Waals surface area contributed by atoms with Gasteiger partial charge in [0, 0.05) is 6.04 Å².